The number of hydrogen-bond acceptors (Lipinski definition) is 3. The number of hydrogen-bond donors (Lipinski definition) is 0. The molecule has 1 saturated heterocycles. The third kappa shape index (κ3) is 1.98. The SMILES string of the molecule is CC1C=C(N2CCOCC2)C(=O)CC1. The molecule has 1 aliphatic heterocycles. The summed E-state index contributed by atoms with van der Waals surface area (Å²) in [5.74, 6) is 0.857. The average molecular weight is 195 g/mol. The molecule has 0 saturated carbocycles. The van der Waals surface area contributed by atoms with Gasteiger partial charge in [0, 0.05) is 19.5 Å². The Balaban J connectivity index is 2.09. The first kappa shape index (κ1) is 9.71. The van der Waals surface area contributed by atoms with Gasteiger partial charge >= 0.3 is 0 Å². The second-order valence-electron chi connectivity index (χ2n) is 4.09. The van der Waals surface area contributed by atoms with E-state index in [0.717, 1.165) is 38.4 Å². The lowest BCUT2D eigenvalue weighted by atomic mass is 9.93. The van der Waals surface area contributed by atoms with E-state index in [1.54, 1.807) is 0 Å². The van der Waals surface area contributed by atoms with Crippen molar-refractivity contribution in [3.63, 3.8) is 0 Å². The molecule has 1 heterocycles. The molecular weight excluding hydrogens is 178 g/mol. The summed E-state index contributed by atoms with van der Waals surface area (Å²) in [6.07, 6.45) is 3.84. The second kappa shape index (κ2) is 4.13. The maximum atomic E-state index is 11.7. The number of rotatable bonds is 1. The van der Waals surface area contributed by atoms with Crippen LogP contribution in [0.3, 0.4) is 0 Å². The van der Waals surface area contributed by atoms with Gasteiger partial charge in [-0.2, -0.15) is 0 Å². The lowest BCUT2D eigenvalue weighted by Crippen LogP contribution is -2.39. The molecule has 0 N–H and O–H groups in total. The van der Waals surface area contributed by atoms with E-state index in [1.807, 2.05) is 0 Å². The molecule has 0 aromatic rings. The summed E-state index contributed by atoms with van der Waals surface area (Å²) < 4.78 is 5.27. The van der Waals surface area contributed by atoms with E-state index in [0.29, 0.717) is 18.1 Å². The molecule has 1 aliphatic carbocycles. The van der Waals surface area contributed by atoms with E-state index in [-0.39, 0.29) is 0 Å². The molecule has 1 fully saturated rings. The number of carbonyl (C=O) groups is 1. The van der Waals surface area contributed by atoms with Crippen LogP contribution in [0.4, 0.5) is 0 Å². The minimum Gasteiger partial charge on any atom is -0.378 e. The number of carbonyl (C=O) groups excluding carboxylic acids is 1. The molecule has 0 radical (unpaired) electrons. The zero-order valence-electron chi connectivity index (χ0n) is 8.66. The van der Waals surface area contributed by atoms with Gasteiger partial charge in [-0.05, 0) is 12.3 Å². The van der Waals surface area contributed by atoms with E-state index in [4.69, 9.17) is 4.74 Å². The van der Waals surface area contributed by atoms with Crippen LogP contribution in [0.25, 0.3) is 0 Å². The van der Waals surface area contributed by atoms with Crippen molar-refractivity contribution in [1.29, 1.82) is 0 Å². The molecule has 1 unspecified atom stereocenters. The highest BCUT2D eigenvalue weighted by Gasteiger charge is 2.23. The zero-order chi connectivity index (χ0) is 9.97. The first-order valence-electron chi connectivity index (χ1n) is 5.35. The van der Waals surface area contributed by atoms with Crippen LogP contribution < -0.4 is 0 Å². The van der Waals surface area contributed by atoms with Gasteiger partial charge in [0.1, 0.15) is 0 Å². The van der Waals surface area contributed by atoms with Crippen molar-refractivity contribution in [2.75, 3.05) is 26.3 Å². The Bertz CT molecular complexity index is 254. The molecule has 0 aromatic carbocycles. The fourth-order valence-corrected chi connectivity index (χ4v) is 2.02. The summed E-state index contributed by atoms with van der Waals surface area (Å²) >= 11 is 0. The van der Waals surface area contributed by atoms with Gasteiger partial charge in [0.15, 0.2) is 5.78 Å². The van der Waals surface area contributed by atoms with Gasteiger partial charge in [0.25, 0.3) is 0 Å². The average Bonchev–Trinajstić information content (AvgIpc) is 2.23. The summed E-state index contributed by atoms with van der Waals surface area (Å²) in [6, 6.07) is 0. The van der Waals surface area contributed by atoms with Crippen LogP contribution in [-0.4, -0.2) is 37.0 Å². The lowest BCUT2D eigenvalue weighted by Gasteiger charge is -2.32. The standard InChI is InChI=1S/C11H17NO2/c1-9-2-3-11(13)10(8-9)12-4-6-14-7-5-12/h8-9H,2-7H2,1H3. The molecule has 0 aromatic heterocycles. The minimum absolute atomic E-state index is 0.310. The predicted molar refractivity (Wildman–Crippen MR) is 53.9 cm³/mol. The van der Waals surface area contributed by atoms with Crippen LogP contribution in [0.1, 0.15) is 19.8 Å². The molecule has 3 heteroatoms. The number of Topliss-reactive ketones (excluding diaryl/α,β-unsaturated/α-hetero) is 1. The molecule has 1 atom stereocenters. The highest BCUT2D eigenvalue weighted by atomic mass is 16.5. The van der Waals surface area contributed by atoms with Crippen molar-refractivity contribution in [3.8, 4) is 0 Å². The van der Waals surface area contributed by atoms with Gasteiger partial charge < -0.3 is 9.64 Å². The Hall–Kier alpha value is -0.830. The largest absolute Gasteiger partial charge is 0.378 e. The minimum atomic E-state index is 0.310. The van der Waals surface area contributed by atoms with Crippen LogP contribution in [0, 0.1) is 5.92 Å². The monoisotopic (exact) mass is 195 g/mol. The fourth-order valence-electron chi connectivity index (χ4n) is 2.02. The summed E-state index contributed by atoms with van der Waals surface area (Å²) in [6.45, 7) is 5.40. The van der Waals surface area contributed by atoms with Gasteiger partial charge in [0.05, 0.1) is 18.9 Å². The van der Waals surface area contributed by atoms with E-state index in [1.165, 1.54) is 0 Å². The number of morpholine rings is 1. The summed E-state index contributed by atoms with van der Waals surface area (Å²) in [7, 11) is 0. The highest BCUT2D eigenvalue weighted by molar-refractivity contribution is 5.95. The highest BCUT2D eigenvalue weighted by Crippen LogP contribution is 2.22. The maximum absolute atomic E-state index is 11.7. The summed E-state index contributed by atoms with van der Waals surface area (Å²) in [5.41, 5.74) is 0.937. The molecule has 3 nitrogen and oxygen atoms in total. The smallest absolute Gasteiger partial charge is 0.178 e. The summed E-state index contributed by atoms with van der Waals surface area (Å²) in [4.78, 5) is 13.9. The first-order valence-corrected chi connectivity index (χ1v) is 5.35. The molecule has 14 heavy (non-hydrogen) atoms. The first-order chi connectivity index (χ1) is 6.77. The Morgan fingerprint density at radius 3 is 2.86 bits per heavy atom. The van der Waals surface area contributed by atoms with Crippen molar-refractivity contribution in [2.24, 2.45) is 5.92 Å². The van der Waals surface area contributed by atoms with Gasteiger partial charge in [0.2, 0.25) is 0 Å². The van der Waals surface area contributed by atoms with Crippen molar-refractivity contribution in [3.05, 3.63) is 11.8 Å². The van der Waals surface area contributed by atoms with Crippen LogP contribution in [-0.2, 0) is 9.53 Å². The Kier molecular flexibility index (Phi) is 2.87. The van der Waals surface area contributed by atoms with E-state index in [9.17, 15) is 4.79 Å². The molecule has 78 valence electrons. The Labute approximate surface area is 84.7 Å². The Morgan fingerprint density at radius 1 is 1.43 bits per heavy atom. The topological polar surface area (TPSA) is 29.5 Å². The van der Waals surface area contributed by atoms with Crippen molar-refractivity contribution in [1.82, 2.24) is 4.90 Å². The number of nitrogens with zero attached hydrogens (tertiary/aromatic N) is 1. The van der Waals surface area contributed by atoms with E-state index in [2.05, 4.69) is 17.9 Å². The second-order valence-corrected chi connectivity index (χ2v) is 4.09. The molecule has 0 bridgehead atoms. The van der Waals surface area contributed by atoms with Crippen molar-refractivity contribution < 1.29 is 9.53 Å². The van der Waals surface area contributed by atoms with Crippen LogP contribution in [0.5, 0.6) is 0 Å². The number of allylic oxidation sites excluding steroid dienone is 2. The lowest BCUT2D eigenvalue weighted by molar-refractivity contribution is -0.118. The van der Waals surface area contributed by atoms with Crippen molar-refractivity contribution >= 4 is 5.78 Å². The molecule has 0 spiro atoms. The molecule has 0 amide bonds. The quantitative estimate of drug-likeness (QED) is 0.629. The maximum Gasteiger partial charge on any atom is 0.178 e. The van der Waals surface area contributed by atoms with Crippen LogP contribution in [0.15, 0.2) is 11.8 Å². The van der Waals surface area contributed by atoms with Gasteiger partial charge in [-0.15, -0.1) is 0 Å². The number of ketones is 1. The van der Waals surface area contributed by atoms with Gasteiger partial charge in [-0.25, -0.2) is 0 Å². The molecular formula is C11H17NO2. The third-order valence-electron chi connectivity index (χ3n) is 2.91. The normalized spacial score (nSPS) is 28.9. The van der Waals surface area contributed by atoms with Crippen LogP contribution in [0.2, 0.25) is 0 Å². The third-order valence-corrected chi connectivity index (χ3v) is 2.91. The zero-order valence-corrected chi connectivity index (χ0v) is 8.66. The summed E-state index contributed by atoms with van der Waals surface area (Å²) in [5, 5.41) is 0. The molecule has 2 rings (SSSR count). The van der Waals surface area contributed by atoms with Gasteiger partial charge in [-0.3, -0.25) is 4.79 Å². The number of ether oxygens (including phenoxy) is 1. The Morgan fingerprint density at radius 2 is 2.14 bits per heavy atom. The van der Waals surface area contributed by atoms with Gasteiger partial charge in [-0.1, -0.05) is 13.0 Å². The van der Waals surface area contributed by atoms with E-state index < -0.39 is 0 Å². The van der Waals surface area contributed by atoms with E-state index >= 15 is 0 Å². The predicted octanol–water partition coefficient (Wildman–Crippen LogP) is 1.20. The van der Waals surface area contributed by atoms with Crippen molar-refractivity contribution in [2.45, 2.75) is 19.8 Å². The van der Waals surface area contributed by atoms with Crippen LogP contribution >= 0.6 is 0 Å². The fraction of sp³-hybridized carbons (Fsp3) is 0.727. The molecule has 2 aliphatic rings.